The van der Waals surface area contributed by atoms with Crippen LogP contribution < -0.4 is 4.74 Å². The number of aromatic nitrogens is 1. The molecule has 1 amide bonds. The van der Waals surface area contributed by atoms with Crippen molar-refractivity contribution in [3.63, 3.8) is 0 Å². The molecule has 0 aromatic carbocycles. The highest BCUT2D eigenvalue weighted by atomic mass is 16.6. The topological polar surface area (TPSA) is 84.7 Å². The zero-order chi connectivity index (χ0) is 21.4. The lowest BCUT2D eigenvalue weighted by Gasteiger charge is -2.40. The summed E-state index contributed by atoms with van der Waals surface area (Å²) in [6.07, 6.45) is 13.4. The Morgan fingerprint density at radius 3 is 2.42 bits per heavy atom. The van der Waals surface area contributed by atoms with Gasteiger partial charge < -0.3 is 19.1 Å². The molecular formula is C24H31N3O4. The SMILES string of the molecule is CC1(OC(=O)N2[C@H]3CC[C@H]2CC(OC2CCC(Oc4ccncc4C#N)CC2)C3)CC1. The summed E-state index contributed by atoms with van der Waals surface area (Å²) in [4.78, 5) is 18.7. The number of piperidine rings is 1. The third-order valence-electron chi connectivity index (χ3n) is 7.39. The molecular weight excluding hydrogens is 394 g/mol. The van der Waals surface area contributed by atoms with E-state index in [1.54, 1.807) is 18.5 Å². The number of amides is 1. The van der Waals surface area contributed by atoms with Crippen LogP contribution in [-0.4, -0.2) is 52.0 Å². The smallest absolute Gasteiger partial charge is 0.410 e. The van der Waals surface area contributed by atoms with Crippen molar-refractivity contribution in [2.45, 2.75) is 107 Å². The van der Waals surface area contributed by atoms with Crippen molar-refractivity contribution < 1.29 is 19.0 Å². The van der Waals surface area contributed by atoms with Crippen LogP contribution in [0.15, 0.2) is 18.5 Å². The van der Waals surface area contributed by atoms with Crippen LogP contribution in [0.5, 0.6) is 5.75 Å². The van der Waals surface area contributed by atoms with Gasteiger partial charge in [0.25, 0.3) is 0 Å². The highest BCUT2D eigenvalue weighted by Gasteiger charge is 2.49. The molecule has 0 spiro atoms. The van der Waals surface area contributed by atoms with E-state index < -0.39 is 0 Å². The highest BCUT2D eigenvalue weighted by molar-refractivity contribution is 5.70. The van der Waals surface area contributed by atoms with Gasteiger partial charge in [-0.2, -0.15) is 5.26 Å². The van der Waals surface area contributed by atoms with Crippen molar-refractivity contribution in [3.05, 3.63) is 24.0 Å². The number of pyridine rings is 1. The molecule has 2 saturated heterocycles. The van der Waals surface area contributed by atoms with Gasteiger partial charge in [-0.25, -0.2) is 4.79 Å². The minimum atomic E-state index is -0.213. The fraction of sp³-hybridized carbons (Fsp3) is 0.708. The molecule has 2 aliphatic carbocycles. The van der Waals surface area contributed by atoms with Crippen molar-refractivity contribution in [2.24, 2.45) is 0 Å². The van der Waals surface area contributed by atoms with E-state index in [0.29, 0.717) is 11.3 Å². The molecule has 5 rings (SSSR count). The van der Waals surface area contributed by atoms with E-state index >= 15 is 0 Å². The first-order valence-corrected chi connectivity index (χ1v) is 11.7. The third-order valence-corrected chi connectivity index (χ3v) is 7.39. The van der Waals surface area contributed by atoms with Crippen molar-refractivity contribution in [1.29, 1.82) is 5.26 Å². The average Bonchev–Trinajstić information content (AvgIpc) is 3.42. The van der Waals surface area contributed by atoms with E-state index in [0.717, 1.165) is 64.2 Å². The molecule has 2 bridgehead atoms. The Labute approximate surface area is 183 Å². The zero-order valence-corrected chi connectivity index (χ0v) is 18.2. The van der Waals surface area contributed by atoms with Gasteiger partial charge in [0, 0.05) is 24.5 Å². The van der Waals surface area contributed by atoms with E-state index in [-0.39, 0.29) is 42.1 Å². The largest absolute Gasteiger partial charge is 0.489 e. The van der Waals surface area contributed by atoms with E-state index in [2.05, 4.69) is 11.1 Å². The normalized spacial score (nSPS) is 33.4. The lowest BCUT2D eigenvalue weighted by Crippen LogP contribution is -2.50. The first-order valence-electron chi connectivity index (χ1n) is 11.7. The summed E-state index contributed by atoms with van der Waals surface area (Å²) >= 11 is 0. The maximum Gasteiger partial charge on any atom is 0.410 e. The van der Waals surface area contributed by atoms with Crippen LogP contribution >= 0.6 is 0 Å². The Hall–Kier alpha value is -2.33. The lowest BCUT2D eigenvalue weighted by molar-refractivity contribution is -0.0794. The monoisotopic (exact) mass is 425 g/mol. The highest BCUT2D eigenvalue weighted by Crippen LogP contribution is 2.43. The molecule has 4 aliphatic rings. The molecule has 2 atom stereocenters. The second-order valence-electron chi connectivity index (χ2n) is 9.84. The van der Waals surface area contributed by atoms with Crippen molar-refractivity contribution in [1.82, 2.24) is 9.88 Å². The first-order chi connectivity index (χ1) is 15.0. The Morgan fingerprint density at radius 1 is 1.10 bits per heavy atom. The van der Waals surface area contributed by atoms with E-state index in [1.807, 2.05) is 11.8 Å². The van der Waals surface area contributed by atoms with Crippen LogP contribution in [0, 0.1) is 11.3 Å². The molecule has 1 aromatic rings. The molecule has 4 fully saturated rings. The summed E-state index contributed by atoms with van der Waals surface area (Å²) in [5.74, 6) is 0.623. The molecule has 0 radical (unpaired) electrons. The summed E-state index contributed by atoms with van der Waals surface area (Å²) < 4.78 is 18.3. The second-order valence-corrected chi connectivity index (χ2v) is 9.84. The van der Waals surface area contributed by atoms with E-state index in [9.17, 15) is 10.1 Å². The van der Waals surface area contributed by atoms with Gasteiger partial charge >= 0.3 is 6.09 Å². The lowest BCUT2D eigenvalue weighted by atomic mass is 9.93. The van der Waals surface area contributed by atoms with Crippen molar-refractivity contribution in [3.8, 4) is 11.8 Å². The molecule has 31 heavy (non-hydrogen) atoms. The number of rotatable bonds is 5. The predicted molar refractivity (Wildman–Crippen MR) is 113 cm³/mol. The number of fused-ring (bicyclic) bond motifs is 2. The summed E-state index contributed by atoms with van der Waals surface area (Å²) in [7, 11) is 0. The molecule has 166 valence electrons. The van der Waals surface area contributed by atoms with Crippen LogP contribution in [0.3, 0.4) is 0 Å². The number of carbonyl (C=O) groups excluding carboxylic acids is 1. The number of nitrogens with zero attached hydrogens (tertiary/aromatic N) is 3. The van der Waals surface area contributed by atoms with Crippen LogP contribution in [0.25, 0.3) is 0 Å². The maximum absolute atomic E-state index is 12.7. The second kappa shape index (κ2) is 8.31. The predicted octanol–water partition coefficient (Wildman–Crippen LogP) is 4.34. The van der Waals surface area contributed by atoms with Crippen molar-refractivity contribution >= 4 is 6.09 Å². The number of nitriles is 1. The molecule has 0 unspecified atom stereocenters. The number of carbonyl (C=O) groups is 1. The summed E-state index contributed by atoms with van der Waals surface area (Å²) in [5.41, 5.74) is 0.270. The quantitative estimate of drug-likeness (QED) is 0.697. The molecule has 7 nitrogen and oxygen atoms in total. The maximum atomic E-state index is 12.7. The van der Waals surface area contributed by atoms with Gasteiger partial charge in [-0.15, -0.1) is 0 Å². The van der Waals surface area contributed by atoms with Gasteiger partial charge in [-0.1, -0.05) is 0 Å². The Bertz CT molecular complexity index is 843. The van der Waals surface area contributed by atoms with Gasteiger partial charge in [0.05, 0.1) is 18.3 Å². The number of ether oxygens (including phenoxy) is 3. The van der Waals surface area contributed by atoms with Gasteiger partial charge in [-0.3, -0.25) is 4.98 Å². The van der Waals surface area contributed by atoms with Crippen LogP contribution in [0.2, 0.25) is 0 Å². The molecule has 0 N–H and O–H groups in total. The minimum Gasteiger partial charge on any atom is -0.489 e. The van der Waals surface area contributed by atoms with E-state index in [1.165, 1.54) is 0 Å². The molecule has 7 heteroatoms. The van der Waals surface area contributed by atoms with Crippen LogP contribution in [0.1, 0.15) is 76.7 Å². The standard InChI is InChI=1S/C24H31N3O4/c1-24(9-10-24)31-23(28)27-17-2-3-18(27)13-21(12-17)29-19-4-6-20(7-5-19)30-22-8-11-26-15-16(22)14-25/h8,11,15,17-21H,2-7,9-10,12-13H2,1H3/t17-,18-,19?,20?/m0/s1. The molecule has 3 heterocycles. The molecule has 2 aliphatic heterocycles. The average molecular weight is 426 g/mol. The third kappa shape index (κ3) is 4.50. The summed E-state index contributed by atoms with van der Waals surface area (Å²) in [6.45, 7) is 2.03. The number of hydrogen-bond donors (Lipinski definition) is 0. The van der Waals surface area contributed by atoms with Gasteiger partial charge in [0.1, 0.15) is 23.0 Å². The summed E-state index contributed by atoms with van der Waals surface area (Å²) in [6, 6.07) is 4.42. The fourth-order valence-electron chi connectivity index (χ4n) is 5.38. The zero-order valence-electron chi connectivity index (χ0n) is 18.2. The Kier molecular flexibility index (Phi) is 5.51. The minimum absolute atomic E-state index is 0.114. The van der Waals surface area contributed by atoms with Gasteiger partial charge in [0.2, 0.25) is 0 Å². The van der Waals surface area contributed by atoms with Crippen LogP contribution in [-0.2, 0) is 9.47 Å². The van der Waals surface area contributed by atoms with Crippen LogP contribution in [0.4, 0.5) is 4.79 Å². The summed E-state index contributed by atoms with van der Waals surface area (Å²) in [5, 5.41) is 9.21. The fourth-order valence-corrected chi connectivity index (χ4v) is 5.38. The first kappa shape index (κ1) is 20.6. The van der Waals surface area contributed by atoms with E-state index in [4.69, 9.17) is 14.2 Å². The van der Waals surface area contributed by atoms with Crippen molar-refractivity contribution in [2.75, 3.05) is 0 Å². The molecule has 1 aromatic heterocycles. The van der Waals surface area contributed by atoms with Gasteiger partial charge in [-0.05, 0) is 77.2 Å². The van der Waals surface area contributed by atoms with Gasteiger partial charge in [0.15, 0.2) is 0 Å². The Balaban J connectivity index is 1.09. The molecule has 2 saturated carbocycles. The number of hydrogen-bond acceptors (Lipinski definition) is 6. The Morgan fingerprint density at radius 2 is 1.77 bits per heavy atom.